The zero-order valence-corrected chi connectivity index (χ0v) is 9.39. The molecule has 0 N–H and O–H groups in total. The summed E-state index contributed by atoms with van der Waals surface area (Å²) in [6, 6.07) is 5.51. The van der Waals surface area contributed by atoms with Gasteiger partial charge in [-0.1, -0.05) is 22.3 Å². The number of rotatable bonds is 3. The van der Waals surface area contributed by atoms with Gasteiger partial charge in [0.25, 0.3) is 11.8 Å². The molecule has 94 valence electrons. The molecule has 8 heteroatoms. The molecule has 1 aliphatic heterocycles. The summed E-state index contributed by atoms with van der Waals surface area (Å²) in [4.78, 5) is 41.3. The Labute approximate surface area is 106 Å². The summed E-state index contributed by atoms with van der Waals surface area (Å²) in [7, 11) is 0. The summed E-state index contributed by atoms with van der Waals surface area (Å²) in [5.41, 5.74) is 8.67. The number of hydroxylamine groups is 2. The van der Waals surface area contributed by atoms with Crippen molar-refractivity contribution in [2.24, 2.45) is 5.11 Å². The molecule has 8 nitrogen and oxygen atoms in total. The lowest BCUT2D eigenvalue weighted by Gasteiger charge is -2.12. The van der Waals surface area contributed by atoms with Crippen LogP contribution in [0.25, 0.3) is 10.4 Å². The van der Waals surface area contributed by atoms with E-state index in [4.69, 9.17) is 5.53 Å². The van der Waals surface area contributed by atoms with Crippen LogP contribution in [0.5, 0.6) is 0 Å². The van der Waals surface area contributed by atoms with Crippen LogP contribution in [0.4, 0.5) is 5.69 Å². The molecule has 0 atom stereocenters. The average molecular weight is 258 g/mol. The van der Waals surface area contributed by atoms with E-state index < -0.39 is 17.8 Å². The second-order valence-corrected chi connectivity index (χ2v) is 3.42. The SMILES string of the molecule is [N-]=[N+]=Nc1ccc(C(=O)ON2C(=O)C=CC2=O)cc1. The first-order valence-electron chi connectivity index (χ1n) is 5.05. The lowest BCUT2D eigenvalue weighted by atomic mass is 10.2. The van der Waals surface area contributed by atoms with Crippen molar-refractivity contribution in [3.63, 3.8) is 0 Å². The van der Waals surface area contributed by atoms with Crippen molar-refractivity contribution in [1.82, 2.24) is 5.06 Å². The molecular formula is C11H6N4O4. The highest BCUT2D eigenvalue weighted by Crippen LogP contribution is 2.15. The molecule has 0 aromatic heterocycles. The number of benzene rings is 1. The summed E-state index contributed by atoms with van der Waals surface area (Å²) in [6.45, 7) is 0. The molecular weight excluding hydrogens is 252 g/mol. The monoisotopic (exact) mass is 258 g/mol. The molecule has 0 spiro atoms. The maximum Gasteiger partial charge on any atom is 0.363 e. The fourth-order valence-electron chi connectivity index (χ4n) is 1.33. The van der Waals surface area contributed by atoms with E-state index in [1.807, 2.05) is 0 Å². The maximum absolute atomic E-state index is 11.7. The van der Waals surface area contributed by atoms with Gasteiger partial charge in [-0.2, -0.15) is 0 Å². The van der Waals surface area contributed by atoms with E-state index in [1.165, 1.54) is 24.3 Å². The number of hydrogen-bond acceptors (Lipinski definition) is 5. The van der Waals surface area contributed by atoms with Gasteiger partial charge in [0.15, 0.2) is 0 Å². The quantitative estimate of drug-likeness (QED) is 0.354. The number of nitrogens with zero attached hydrogens (tertiary/aromatic N) is 4. The first kappa shape index (κ1) is 12.3. The van der Waals surface area contributed by atoms with Crippen molar-refractivity contribution in [1.29, 1.82) is 0 Å². The second-order valence-electron chi connectivity index (χ2n) is 3.42. The number of carbonyl (C=O) groups is 3. The van der Waals surface area contributed by atoms with Gasteiger partial charge < -0.3 is 4.84 Å². The summed E-state index contributed by atoms with van der Waals surface area (Å²) in [6.07, 6.45) is 2.00. The number of amides is 2. The smallest absolute Gasteiger partial charge is 0.324 e. The molecule has 1 aliphatic rings. The highest BCUT2D eigenvalue weighted by molar-refractivity contribution is 6.12. The van der Waals surface area contributed by atoms with Gasteiger partial charge in [0.05, 0.1) is 5.56 Å². The van der Waals surface area contributed by atoms with Crippen LogP contribution in [0.15, 0.2) is 41.5 Å². The summed E-state index contributed by atoms with van der Waals surface area (Å²) >= 11 is 0. The molecule has 19 heavy (non-hydrogen) atoms. The first-order chi connectivity index (χ1) is 9.11. The van der Waals surface area contributed by atoms with Crippen molar-refractivity contribution in [2.75, 3.05) is 0 Å². The van der Waals surface area contributed by atoms with E-state index in [0.717, 1.165) is 12.2 Å². The average Bonchev–Trinajstić information content (AvgIpc) is 2.72. The molecule has 0 aliphatic carbocycles. The predicted molar refractivity (Wildman–Crippen MR) is 61.7 cm³/mol. The molecule has 2 rings (SSSR count). The number of carbonyl (C=O) groups excluding carboxylic acids is 3. The Morgan fingerprint density at radius 3 is 2.26 bits per heavy atom. The number of hydrogen-bond donors (Lipinski definition) is 0. The Bertz CT molecular complexity index is 611. The van der Waals surface area contributed by atoms with Crippen LogP contribution in [0.3, 0.4) is 0 Å². The Kier molecular flexibility index (Phi) is 3.26. The molecule has 1 heterocycles. The van der Waals surface area contributed by atoms with E-state index >= 15 is 0 Å². The largest absolute Gasteiger partial charge is 0.363 e. The fourth-order valence-corrected chi connectivity index (χ4v) is 1.33. The minimum absolute atomic E-state index is 0.115. The van der Waals surface area contributed by atoms with Crippen molar-refractivity contribution < 1.29 is 19.2 Å². The highest BCUT2D eigenvalue weighted by Gasteiger charge is 2.28. The van der Waals surface area contributed by atoms with Crippen LogP contribution in [-0.2, 0) is 14.4 Å². The van der Waals surface area contributed by atoms with Crippen molar-refractivity contribution in [2.45, 2.75) is 0 Å². The Balaban J connectivity index is 2.10. The predicted octanol–water partition coefficient (Wildman–Crippen LogP) is 1.63. The number of azide groups is 1. The van der Waals surface area contributed by atoms with Crippen LogP contribution in [0.2, 0.25) is 0 Å². The Morgan fingerprint density at radius 2 is 1.74 bits per heavy atom. The zero-order valence-electron chi connectivity index (χ0n) is 9.39. The van der Waals surface area contributed by atoms with Gasteiger partial charge in [0.1, 0.15) is 0 Å². The summed E-state index contributed by atoms with van der Waals surface area (Å²) in [5, 5.41) is 3.70. The van der Waals surface area contributed by atoms with Crippen LogP contribution < -0.4 is 0 Å². The van der Waals surface area contributed by atoms with Gasteiger partial charge >= 0.3 is 5.97 Å². The normalized spacial score (nSPS) is 13.4. The van der Waals surface area contributed by atoms with Gasteiger partial charge in [0, 0.05) is 22.8 Å². The van der Waals surface area contributed by atoms with Crippen molar-refractivity contribution in [3.05, 3.63) is 52.4 Å². The van der Waals surface area contributed by atoms with Gasteiger partial charge in [-0.25, -0.2) is 4.79 Å². The molecule has 0 bridgehead atoms. The highest BCUT2D eigenvalue weighted by atomic mass is 16.7. The standard InChI is InChI=1S/C11H6N4O4/c12-14-13-8-3-1-7(2-4-8)11(18)19-15-9(16)5-6-10(15)17/h1-6H. The number of imide groups is 1. The molecule has 0 unspecified atom stereocenters. The van der Waals surface area contributed by atoms with Crippen molar-refractivity contribution >= 4 is 23.5 Å². The van der Waals surface area contributed by atoms with Crippen LogP contribution in [0.1, 0.15) is 10.4 Å². The van der Waals surface area contributed by atoms with Crippen LogP contribution in [0, 0.1) is 0 Å². The molecule has 1 aromatic carbocycles. The second kappa shape index (κ2) is 5.03. The van der Waals surface area contributed by atoms with E-state index in [2.05, 4.69) is 14.9 Å². The van der Waals surface area contributed by atoms with Gasteiger partial charge in [0.2, 0.25) is 0 Å². The zero-order chi connectivity index (χ0) is 13.8. The third kappa shape index (κ3) is 2.59. The molecule has 2 amide bonds. The molecule has 1 aromatic rings. The lowest BCUT2D eigenvalue weighted by Crippen LogP contribution is -2.32. The first-order valence-corrected chi connectivity index (χ1v) is 5.05. The van der Waals surface area contributed by atoms with E-state index in [9.17, 15) is 14.4 Å². The van der Waals surface area contributed by atoms with Gasteiger partial charge in [-0.15, -0.1) is 0 Å². The Morgan fingerprint density at radius 1 is 1.16 bits per heavy atom. The summed E-state index contributed by atoms with van der Waals surface area (Å²) in [5.74, 6) is -2.30. The fraction of sp³-hybridized carbons (Fsp3) is 0. The lowest BCUT2D eigenvalue weighted by molar-refractivity contribution is -0.170. The van der Waals surface area contributed by atoms with Crippen molar-refractivity contribution in [3.8, 4) is 0 Å². The van der Waals surface area contributed by atoms with E-state index in [1.54, 1.807) is 0 Å². The third-order valence-corrected chi connectivity index (χ3v) is 2.21. The van der Waals surface area contributed by atoms with Crippen LogP contribution >= 0.6 is 0 Å². The third-order valence-electron chi connectivity index (χ3n) is 2.21. The molecule has 0 radical (unpaired) electrons. The van der Waals surface area contributed by atoms with Gasteiger partial charge in [-0.3, -0.25) is 9.59 Å². The van der Waals surface area contributed by atoms with Crippen LogP contribution in [-0.4, -0.2) is 22.8 Å². The van der Waals surface area contributed by atoms with Gasteiger partial charge in [-0.05, 0) is 17.7 Å². The minimum Gasteiger partial charge on any atom is -0.324 e. The van der Waals surface area contributed by atoms with E-state index in [-0.39, 0.29) is 5.56 Å². The summed E-state index contributed by atoms with van der Waals surface area (Å²) < 4.78 is 0. The topological polar surface area (TPSA) is 112 Å². The minimum atomic E-state index is -0.863. The maximum atomic E-state index is 11.7. The van der Waals surface area contributed by atoms with E-state index in [0.29, 0.717) is 10.8 Å². The molecule has 0 saturated carbocycles. The Hall–Kier alpha value is -3.12. The molecule has 0 fully saturated rings. The molecule has 0 saturated heterocycles.